The molecule has 2 saturated heterocycles. The largest absolute Gasteiger partial charge is 0.465 e. The van der Waals surface area contributed by atoms with Crippen LogP contribution in [-0.2, 0) is 9.53 Å². The van der Waals surface area contributed by atoms with Gasteiger partial charge in [-0.15, -0.1) is 0 Å². The first-order valence-electron chi connectivity index (χ1n) is 7.87. The van der Waals surface area contributed by atoms with Crippen LogP contribution in [0.4, 0.5) is 4.79 Å². The van der Waals surface area contributed by atoms with E-state index in [0.717, 1.165) is 19.3 Å². The topological polar surface area (TPSA) is 70.1 Å². The van der Waals surface area contributed by atoms with E-state index in [2.05, 4.69) is 0 Å². The van der Waals surface area contributed by atoms with Gasteiger partial charge in [0.05, 0.1) is 18.2 Å². The first-order chi connectivity index (χ1) is 9.99. The number of rotatable bonds is 3. The second kappa shape index (κ2) is 5.48. The lowest BCUT2D eigenvalue weighted by Gasteiger charge is -2.37. The summed E-state index contributed by atoms with van der Waals surface area (Å²) in [5, 5.41) is 9.00. The lowest BCUT2D eigenvalue weighted by atomic mass is 9.87. The highest BCUT2D eigenvalue weighted by molar-refractivity contribution is 5.76. The van der Waals surface area contributed by atoms with Gasteiger partial charge in [-0.05, 0) is 38.0 Å². The maximum Gasteiger partial charge on any atom is 0.407 e. The van der Waals surface area contributed by atoms with Gasteiger partial charge in [0, 0.05) is 26.6 Å². The van der Waals surface area contributed by atoms with Gasteiger partial charge in [-0.3, -0.25) is 4.79 Å². The number of piperidine rings is 1. The van der Waals surface area contributed by atoms with E-state index in [0.29, 0.717) is 32.0 Å². The summed E-state index contributed by atoms with van der Waals surface area (Å²) in [5.41, 5.74) is -0.218. The fourth-order valence-corrected chi connectivity index (χ4v) is 3.44. The Morgan fingerprint density at radius 3 is 2.57 bits per heavy atom. The average Bonchev–Trinajstić information content (AvgIpc) is 3.18. The standard InChI is InChI=1S/C15H24N2O4/c1-16(13(18)8-11-2-3-11)12-9-15(21-10-12)4-6-17(7-5-15)14(19)20/h11-12H,2-10H2,1H3,(H,19,20)/t12-/m1/s1. The molecule has 6 nitrogen and oxygen atoms in total. The van der Waals surface area contributed by atoms with Crippen LogP contribution in [0.5, 0.6) is 0 Å². The van der Waals surface area contributed by atoms with Crippen LogP contribution in [0.15, 0.2) is 0 Å². The van der Waals surface area contributed by atoms with Gasteiger partial charge in [0.25, 0.3) is 0 Å². The molecule has 0 aromatic rings. The van der Waals surface area contributed by atoms with Crippen molar-refractivity contribution in [2.45, 2.75) is 50.2 Å². The number of carbonyl (C=O) groups is 2. The Labute approximate surface area is 125 Å². The first kappa shape index (κ1) is 14.6. The fourth-order valence-electron chi connectivity index (χ4n) is 3.44. The Hall–Kier alpha value is -1.30. The lowest BCUT2D eigenvalue weighted by Crippen LogP contribution is -2.46. The molecule has 0 unspecified atom stereocenters. The van der Waals surface area contributed by atoms with Gasteiger partial charge in [0.1, 0.15) is 0 Å². The minimum absolute atomic E-state index is 0.146. The van der Waals surface area contributed by atoms with E-state index >= 15 is 0 Å². The normalized spacial score (nSPS) is 27.9. The highest BCUT2D eigenvalue weighted by atomic mass is 16.5. The maximum absolute atomic E-state index is 12.2. The molecule has 3 aliphatic rings. The summed E-state index contributed by atoms with van der Waals surface area (Å²) < 4.78 is 6.00. The number of amides is 2. The first-order valence-corrected chi connectivity index (χ1v) is 7.87. The van der Waals surface area contributed by atoms with E-state index in [1.807, 2.05) is 11.9 Å². The van der Waals surface area contributed by atoms with Crippen molar-refractivity contribution in [1.29, 1.82) is 0 Å². The molecule has 1 spiro atoms. The molecule has 1 atom stereocenters. The van der Waals surface area contributed by atoms with Gasteiger partial charge >= 0.3 is 6.09 Å². The summed E-state index contributed by atoms with van der Waals surface area (Å²) in [6, 6.07) is 0.146. The third-order valence-corrected chi connectivity index (χ3v) is 5.24. The number of hydrogen-bond acceptors (Lipinski definition) is 3. The molecule has 0 aromatic heterocycles. The van der Waals surface area contributed by atoms with Gasteiger partial charge in [-0.1, -0.05) is 0 Å². The quantitative estimate of drug-likeness (QED) is 0.858. The second-order valence-electron chi connectivity index (χ2n) is 6.77. The van der Waals surface area contributed by atoms with Crippen molar-refractivity contribution in [3.05, 3.63) is 0 Å². The molecule has 1 saturated carbocycles. The lowest BCUT2D eigenvalue weighted by molar-refractivity contribution is -0.132. The second-order valence-corrected chi connectivity index (χ2v) is 6.77. The Morgan fingerprint density at radius 2 is 2.00 bits per heavy atom. The Bertz CT molecular complexity index is 427. The molecule has 3 rings (SSSR count). The van der Waals surface area contributed by atoms with Gasteiger partial charge in [-0.25, -0.2) is 4.79 Å². The van der Waals surface area contributed by atoms with Crippen LogP contribution in [0.25, 0.3) is 0 Å². The molecule has 2 aliphatic heterocycles. The van der Waals surface area contributed by atoms with E-state index in [1.165, 1.54) is 17.7 Å². The zero-order valence-electron chi connectivity index (χ0n) is 12.6. The minimum atomic E-state index is -0.851. The van der Waals surface area contributed by atoms with E-state index in [-0.39, 0.29) is 17.6 Å². The molecule has 0 bridgehead atoms. The molecule has 2 heterocycles. The molecule has 21 heavy (non-hydrogen) atoms. The van der Waals surface area contributed by atoms with Gasteiger partial charge in [0.2, 0.25) is 5.91 Å². The van der Waals surface area contributed by atoms with Crippen LogP contribution in [0.2, 0.25) is 0 Å². The van der Waals surface area contributed by atoms with Crippen molar-refractivity contribution in [3.63, 3.8) is 0 Å². The van der Waals surface area contributed by atoms with E-state index < -0.39 is 6.09 Å². The molecular formula is C15H24N2O4. The van der Waals surface area contributed by atoms with Gasteiger partial charge in [0.15, 0.2) is 0 Å². The SMILES string of the molecule is CN(C(=O)CC1CC1)[C@H]1COC2(CCN(C(=O)O)CC2)C1. The Balaban J connectivity index is 1.52. The number of likely N-dealkylation sites (tertiary alicyclic amines) is 1. The fraction of sp³-hybridized carbons (Fsp3) is 0.867. The van der Waals surface area contributed by atoms with Crippen molar-refractivity contribution in [1.82, 2.24) is 9.80 Å². The van der Waals surface area contributed by atoms with Crippen LogP contribution < -0.4 is 0 Å². The molecule has 0 radical (unpaired) electrons. The highest BCUT2D eigenvalue weighted by Crippen LogP contribution is 2.38. The summed E-state index contributed by atoms with van der Waals surface area (Å²) in [7, 11) is 1.88. The predicted molar refractivity (Wildman–Crippen MR) is 76.0 cm³/mol. The number of ether oxygens (including phenoxy) is 1. The summed E-state index contributed by atoms with van der Waals surface area (Å²) >= 11 is 0. The average molecular weight is 296 g/mol. The number of carbonyl (C=O) groups excluding carboxylic acids is 1. The molecule has 2 amide bonds. The highest BCUT2D eigenvalue weighted by Gasteiger charge is 2.45. The van der Waals surface area contributed by atoms with Gasteiger partial charge < -0.3 is 19.6 Å². The molecule has 6 heteroatoms. The zero-order chi connectivity index (χ0) is 15.0. The molecule has 3 fully saturated rings. The van der Waals surface area contributed by atoms with E-state index in [4.69, 9.17) is 9.84 Å². The molecule has 0 aromatic carbocycles. The Morgan fingerprint density at radius 1 is 1.33 bits per heavy atom. The number of likely N-dealkylation sites (N-methyl/N-ethyl adjacent to an activating group) is 1. The van der Waals surface area contributed by atoms with Crippen LogP contribution >= 0.6 is 0 Å². The molecule has 1 aliphatic carbocycles. The summed E-state index contributed by atoms with van der Waals surface area (Å²) in [5.74, 6) is 0.834. The van der Waals surface area contributed by atoms with E-state index in [9.17, 15) is 9.59 Å². The molecule has 118 valence electrons. The van der Waals surface area contributed by atoms with Crippen molar-refractivity contribution < 1.29 is 19.4 Å². The van der Waals surface area contributed by atoms with Crippen molar-refractivity contribution in [2.24, 2.45) is 5.92 Å². The third-order valence-electron chi connectivity index (χ3n) is 5.24. The predicted octanol–water partition coefficient (Wildman–Crippen LogP) is 1.55. The van der Waals surface area contributed by atoms with Crippen molar-refractivity contribution >= 4 is 12.0 Å². The van der Waals surface area contributed by atoms with Crippen LogP contribution in [0.3, 0.4) is 0 Å². The number of carboxylic acid groups (broad SMARTS) is 1. The summed E-state index contributed by atoms with van der Waals surface area (Å²) in [6.45, 7) is 1.64. The smallest absolute Gasteiger partial charge is 0.407 e. The van der Waals surface area contributed by atoms with Crippen LogP contribution in [-0.4, -0.2) is 65.3 Å². The molecular weight excluding hydrogens is 272 g/mol. The van der Waals surface area contributed by atoms with Crippen LogP contribution in [0, 0.1) is 5.92 Å². The van der Waals surface area contributed by atoms with E-state index in [1.54, 1.807) is 0 Å². The van der Waals surface area contributed by atoms with Crippen LogP contribution in [0.1, 0.15) is 38.5 Å². The third kappa shape index (κ3) is 3.15. The number of hydrogen-bond donors (Lipinski definition) is 1. The molecule has 1 N–H and O–H groups in total. The summed E-state index contributed by atoms with van der Waals surface area (Å²) in [4.78, 5) is 26.4. The monoisotopic (exact) mass is 296 g/mol. The minimum Gasteiger partial charge on any atom is -0.465 e. The maximum atomic E-state index is 12.2. The Kier molecular flexibility index (Phi) is 3.82. The zero-order valence-corrected chi connectivity index (χ0v) is 12.6. The number of nitrogens with zero attached hydrogens (tertiary/aromatic N) is 2. The summed E-state index contributed by atoms with van der Waals surface area (Å²) in [6.07, 6.45) is 4.52. The van der Waals surface area contributed by atoms with Crippen molar-refractivity contribution in [2.75, 3.05) is 26.7 Å². The van der Waals surface area contributed by atoms with Crippen molar-refractivity contribution in [3.8, 4) is 0 Å². The van der Waals surface area contributed by atoms with Gasteiger partial charge in [-0.2, -0.15) is 0 Å².